The van der Waals surface area contributed by atoms with Crippen LogP contribution in [0.25, 0.3) is 0 Å². The van der Waals surface area contributed by atoms with Crippen molar-refractivity contribution in [1.82, 2.24) is 0 Å². The normalized spacial score (nSPS) is 9.85. The molecule has 3 N–H and O–H groups in total. The number of aryl methyl sites for hydroxylation is 1. The van der Waals surface area contributed by atoms with Crippen LogP contribution in [0, 0.1) is 18.3 Å². The van der Waals surface area contributed by atoms with Crippen LogP contribution in [0.1, 0.15) is 28.4 Å². The van der Waals surface area contributed by atoms with E-state index < -0.39 is 0 Å². The second kappa shape index (κ2) is 5.45. The third kappa shape index (κ3) is 2.78. The van der Waals surface area contributed by atoms with Gasteiger partial charge in [-0.15, -0.1) is 0 Å². The lowest BCUT2D eigenvalue weighted by Gasteiger charge is -2.11. The van der Waals surface area contributed by atoms with Crippen molar-refractivity contribution in [1.29, 1.82) is 5.26 Å². The van der Waals surface area contributed by atoms with E-state index in [1.165, 1.54) is 6.92 Å². The van der Waals surface area contributed by atoms with Crippen LogP contribution in [0.2, 0.25) is 0 Å². The van der Waals surface area contributed by atoms with Gasteiger partial charge in [-0.05, 0) is 49.7 Å². The predicted octanol–water partition coefficient (Wildman–Crippen LogP) is 3.40. The van der Waals surface area contributed by atoms with E-state index in [1.54, 1.807) is 30.3 Å². The molecule has 0 bridgehead atoms. The lowest BCUT2D eigenvalue weighted by Crippen LogP contribution is -2.01. The van der Waals surface area contributed by atoms with Crippen LogP contribution in [0.4, 0.5) is 17.1 Å². The number of carbonyl (C=O) groups is 1. The molecule has 20 heavy (non-hydrogen) atoms. The Kier molecular flexibility index (Phi) is 3.72. The number of carbonyl (C=O) groups excluding carboxylic acids is 1. The van der Waals surface area contributed by atoms with Gasteiger partial charge in [0.05, 0.1) is 11.6 Å². The van der Waals surface area contributed by atoms with Crippen molar-refractivity contribution < 1.29 is 4.79 Å². The van der Waals surface area contributed by atoms with Gasteiger partial charge >= 0.3 is 0 Å². The van der Waals surface area contributed by atoms with E-state index in [1.807, 2.05) is 13.0 Å². The van der Waals surface area contributed by atoms with Crippen molar-refractivity contribution in [3.05, 3.63) is 53.1 Å². The van der Waals surface area contributed by atoms with Gasteiger partial charge in [0, 0.05) is 22.6 Å². The Hall–Kier alpha value is -2.80. The number of nitrogens with two attached hydrogens (primary N) is 1. The smallest absolute Gasteiger partial charge is 0.161 e. The molecule has 4 heteroatoms. The summed E-state index contributed by atoms with van der Waals surface area (Å²) in [6.45, 7) is 3.43. The maximum absolute atomic E-state index is 11.5. The van der Waals surface area contributed by atoms with Crippen molar-refractivity contribution in [3.8, 4) is 6.07 Å². The van der Waals surface area contributed by atoms with Gasteiger partial charge in [-0.1, -0.05) is 6.07 Å². The number of ketones is 1. The maximum atomic E-state index is 11.5. The molecule has 2 aromatic carbocycles. The van der Waals surface area contributed by atoms with Crippen LogP contribution < -0.4 is 11.1 Å². The molecule has 0 unspecified atom stereocenters. The molecule has 0 radical (unpaired) electrons. The molecule has 100 valence electrons. The van der Waals surface area contributed by atoms with Gasteiger partial charge < -0.3 is 11.1 Å². The maximum Gasteiger partial charge on any atom is 0.161 e. The highest BCUT2D eigenvalue weighted by molar-refractivity contribution is 6.00. The molecule has 0 heterocycles. The van der Waals surface area contributed by atoms with Gasteiger partial charge in [0.2, 0.25) is 0 Å². The first-order chi connectivity index (χ1) is 9.51. The fraction of sp³-hybridized carbons (Fsp3) is 0.125. The third-order valence-corrected chi connectivity index (χ3v) is 3.08. The first kappa shape index (κ1) is 13.6. The predicted molar refractivity (Wildman–Crippen MR) is 80.0 cm³/mol. The molecule has 0 aromatic heterocycles. The molecule has 4 nitrogen and oxygen atoms in total. The minimum atomic E-state index is -0.0753. The van der Waals surface area contributed by atoms with Crippen LogP contribution in [0.3, 0.4) is 0 Å². The SMILES string of the molecule is CC(=O)c1cc(Nc2cc(C#N)ccc2C)ccc1N. The fourth-order valence-electron chi connectivity index (χ4n) is 1.92. The number of nitrogens with zero attached hydrogens (tertiary/aromatic N) is 1. The zero-order chi connectivity index (χ0) is 14.7. The summed E-state index contributed by atoms with van der Waals surface area (Å²) in [6.07, 6.45) is 0. The number of hydrogen-bond acceptors (Lipinski definition) is 4. The van der Waals surface area contributed by atoms with E-state index in [0.29, 0.717) is 16.8 Å². The van der Waals surface area contributed by atoms with Gasteiger partial charge in [0.25, 0.3) is 0 Å². The Labute approximate surface area is 117 Å². The Morgan fingerprint density at radius 3 is 2.65 bits per heavy atom. The largest absolute Gasteiger partial charge is 0.398 e. The number of nitriles is 1. The van der Waals surface area contributed by atoms with Crippen LogP contribution in [-0.4, -0.2) is 5.78 Å². The summed E-state index contributed by atoms with van der Waals surface area (Å²) < 4.78 is 0. The quantitative estimate of drug-likeness (QED) is 0.658. The fourth-order valence-corrected chi connectivity index (χ4v) is 1.92. The Morgan fingerprint density at radius 2 is 2.00 bits per heavy atom. The van der Waals surface area contributed by atoms with Gasteiger partial charge in [-0.3, -0.25) is 4.79 Å². The number of rotatable bonds is 3. The van der Waals surface area contributed by atoms with Gasteiger partial charge in [0.1, 0.15) is 0 Å². The number of nitrogen functional groups attached to an aromatic ring is 1. The molecular formula is C16H15N3O. The monoisotopic (exact) mass is 265 g/mol. The molecule has 0 spiro atoms. The van der Waals surface area contributed by atoms with Gasteiger partial charge in [0.15, 0.2) is 5.78 Å². The molecule has 0 fully saturated rings. The summed E-state index contributed by atoms with van der Waals surface area (Å²) in [5, 5.41) is 12.1. The van der Waals surface area contributed by atoms with Crippen molar-refractivity contribution in [2.75, 3.05) is 11.1 Å². The highest BCUT2D eigenvalue weighted by Gasteiger charge is 2.07. The molecule has 0 saturated carbocycles. The standard InChI is InChI=1S/C16H15N3O/c1-10-3-4-12(9-17)7-16(10)19-13-5-6-15(18)14(8-13)11(2)20/h3-8,19H,18H2,1-2H3. The van der Waals surface area contributed by atoms with E-state index in [-0.39, 0.29) is 5.78 Å². The number of anilines is 3. The minimum Gasteiger partial charge on any atom is -0.398 e. The van der Waals surface area contributed by atoms with E-state index >= 15 is 0 Å². The summed E-state index contributed by atoms with van der Waals surface area (Å²) in [7, 11) is 0. The van der Waals surface area contributed by atoms with E-state index in [2.05, 4.69) is 11.4 Å². The first-order valence-corrected chi connectivity index (χ1v) is 6.19. The molecule has 0 aliphatic heterocycles. The summed E-state index contributed by atoms with van der Waals surface area (Å²) in [6, 6.07) is 12.8. The lowest BCUT2D eigenvalue weighted by atomic mass is 10.1. The second-order valence-corrected chi connectivity index (χ2v) is 4.62. The van der Waals surface area contributed by atoms with Gasteiger partial charge in [-0.2, -0.15) is 5.26 Å². The van der Waals surface area contributed by atoms with Crippen molar-refractivity contribution >= 4 is 22.8 Å². The molecule has 0 amide bonds. The number of nitrogens with one attached hydrogen (secondary N) is 1. The molecule has 2 rings (SSSR count). The molecule has 0 atom stereocenters. The summed E-state index contributed by atoms with van der Waals surface area (Å²) in [4.78, 5) is 11.5. The lowest BCUT2D eigenvalue weighted by molar-refractivity contribution is 0.101. The number of benzene rings is 2. The molecule has 0 saturated heterocycles. The summed E-state index contributed by atoms with van der Waals surface area (Å²) in [5.41, 5.74) is 9.93. The average molecular weight is 265 g/mol. The van der Waals surface area contributed by atoms with Crippen LogP contribution >= 0.6 is 0 Å². The zero-order valence-corrected chi connectivity index (χ0v) is 11.4. The van der Waals surface area contributed by atoms with Crippen LogP contribution in [0.15, 0.2) is 36.4 Å². The summed E-state index contributed by atoms with van der Waals surface area (Å²) >= 11 is 0. The van der Waals surface area contributed by atoms with Gasteiger partial charge in [-0.25, -0.2) is 0 Å². The van der Waals surface area contributed by atoms with Crippen molar-refractivity contribution in [3.63, 3.8) is 0 Å². The highest BCUT2D eigenvalue weighted by atomic mass is 16.1. The van der Waals surface area contributed by atoms with Crippen LogP contribution in [-0.2, 0) is 0 Å². The zero-order valence-electron chi connectivity index (χ0n) is 11.4. The van der Waals surface area contributed by atoms with E-state index in [9.17, 15) is 4.79 Å². The average Bonchev–Trinajstić information content (AvgIpc) is 2.43. The van der Waals surface area contributed by atoms with Crippen molar-refractivity contribution in [2.24, 2.45) is 0 Å². The van der Waals surface area contributed by atoms with Crippen LogP contribution in [0.5, 0.6) is 0 Å². The highest BCUT2D eigenvalue weighted by Crippen LogP contribution is 2.24. The molecule has 0 aliphatic carbocycles. The van der Waals surface area contributed by atoms with E-state index in [0.717, 1.165) is 16.9 Å². The topological polar surface area (TPSA) is 78.9 Å². The molecular weight excluding hydrogens is 250 g/mol. The number of hydrogen-bond donors (Lipinski definition) is 2. The van der Waals surface area contributed by atoms with E-state index in [4.69, 9.17) is 11.0 Å². The Morgan fingerprint density at radius 1 is 1.25 bits per heavy atom. The molecule has 0 aliphatic rings. The Balaban J connectivity index is 2.38. The number of Topliss-reactive ketones (excluding diaryl/α,β-unsaturated/α-hetero) is 1. The third-order valence-electron chi connectivity index (χ3n) is 3.08. The first-order valence-electron chi connectivity index (χ1n) is 6.19. The van der Waals surface area contributed by atoms with Crippen molar-refractivity contribution in [2.45, 2.75) is 13.8 Å². The summed E-state index contributed by atoms with van der Waals surface area (Å²) in [5.74, 6) is -0.0753. The minimum absolute atomic E-state index is 0.0753. The molecule has 2 aromatic rings. The second-order valence-electron chi connectivity index (χ2n) is 4.62. The Bertz CT molecular complexity index is 714.